The maximum absolute atomic E-state index is 13.4. The van der Waals surface area contributed by atoms with Crippen LogP contribution in [0.15, 0.2) is 36.4 Å². The zero-order chi connectivity index (χ0) is 22.5. The molecule has 2 aromatic carbocycles. The number of nitrogens with zero attached hydrogens (tertiary/aromatic N) is 4. The third-order valence-electron chi connectivity index (χ3n) is 4.67. The minimum atomic E-state index is -0.513. The molecule has 0 N–H and O–H groups in total. The SMILES string of the molecule is COc1ccc(OC)c2sc(N(CCCN(C)C)C(=O)c3cccc([N+](=O)[O-])c3)nc12. The molecule has 1 aromatic heterocycles. The van der Waals surface area contributed by atoms with Gasteiger partial charge in [-0.3, -0.25) is 19.8 Å². The Balaban J connectivity index is 2.05. The fourth-order valence-corrected chi connectivity index (χ4v) is 4.23. The molecule has 0 unspecified atom stereocenters. The molecule has 1 amide bonds. The van der Waals surface area contributed by atoms with Crippen molar-refractivity contribution in [3.05, 3.63) is 52.1 Å². The second-order valence-corrected chi connectivity index (χ2v) is 8.04. The van der Waals surface area contributed by atoms with Crippen LogP contribution in [0, 0.1) is 10.1 Å². The summed E-state index contributed by atoms with van der Waals surface area (Å²) < 4.78 is 11.6. The number of carbonyl (C=O) groups is 1. The molecule has 31 heavy (non-hydrogen) atoms. The molecule has 10 heteroatoms. The molecule has 0 bridgehead atoms. The van der Waals surface area contributed by atoms with E-state index >= 15 is 0 Å². The van der Waals surface area contributed by atoms with Crippen LogP contribution in [0.3, 0.4) is 0 Å². The summed E-state index contributed by atoms with van der Waals surface area (Å²) in [5.74, 6) is 0.865. The number of amides is 1. The molecular weight excluding hydrogens is 420 g/mol. The summed E-state index contributed by atoms with van der Waals surface area (Å²) in [6.45, 7) is 1.18. The minimum absolute atomic E-state index is 0.133. The lowest BCUT2D eigenvalue weighted by molar-refractivity contribution is -0.384. The number of rotatable bonds is 9. The first kappa shape index (κ1) is 22.4. The van der Waals surface area contributed by atoms with E-state index in [1.807, 2.05) is 19.0 Å². The highest BCUT2D eigenvalue weighted by molar-refractivity contribution is 7.22. The van der Waals surface area contributed by atoms with Gasteiger partial charge in [-0.2, -0.15) is 0 Å². The average molecular weight is 445 g/mol. The summed E-state index contributed by atoms with van der Waals surface area (Å²) in [6, 6.07) is 9.29. The Hall–Kier alpha value is -3.24. The van der Waals surface area contributed by atoms with Crippen LogP contribution in [0.1, 0.15) is 16.8 Å². The third kappa shape index (κ3) is 4.92. The van der Waals surface area contributed by atoms with Gasteiger partial charge in [-0.25, -0.2) is 4.98 Å². The number of aromatic nitrogens is 1. The fraction of sp³-hybridized carbons (Fsp3) is 0.333. The Morgan fingerprint density at radius 2 is 1.84 bits per heavy atom. The van der Waals surface area contributed by atoms with Gasteiger partial charge in [0.2, 0.25) is 0 Å². The summed E-state index contributed by atoms with van der Waals surface area (Å²) in [5, 5.41) is 11.6. The number of non-ortho nitro benzene ring substituents is 1. The molecule has 0 aliphatic carbocycles. The maximum atomic E-state index is 13.4. The molecule has 9 nitrogen and oxygen atoms in total. The van der Waals surface area contributed by atoms with Crippen LogP contribution in [-0.4, -0.2) is 62.1 Å². The van der Waals surface area contributed by atoms with Gasteiger partial charge < -0.3 is 14.4 Å². The molecule has 0 fully saturated rings. The summed E-state index contributed by atoms with van der Waals surface area (Å²) in [4.78, 5) is 32.3. The quantitative estimate of drug-likeness (QED) is 0.365. The van der Waals surface area contributed by atoms with E-state index in [2.05, 4.69) is 4.98 Å². The van der Waals surface area contributed by atoms with Crippen molar-refractivity contribution in [1.29, 1.82) is 0 Å². The lowest BCUT2D eigenvalue weighted by atomic mass is 10.1. The van der Waals surface area contributed by atoms with Gasteiger partial charge in [0.1, 0.15) is 21.7 Å². The molecule has 1 heterocycles. The number of hydrogen-bond donors (Lipinski definition) is 0. The van der Waals surface area contributed by atoms with Gasteiger partial charge in [-0.05, 0) is 45.3 Å². The Morgan fingerprint density at radius 3 is 2.48 bits per heavy atom. The molecule has 0 spiro atoms. The zero-order valence-electron chi connectivity index (χ0n) is 17.8. The van der Waals surface area contributed by atoms with Gasteiger partial charge in [0.25, 0.3) is 11.6 Å². The lowest BCUT2D eigenvalue weighted by Gasteiger charge is -2.21. The molecule has 0 aliphatic heterocycles. The highest BCUT2D eigenvalue weighted by atomic mass is 32.1. The Bertz CT molecular complexity index is 1060. The third-order valence-corrected chi connectivity index (χ3v) is 5.76. The average Bonchev–Trinajstić information content (AvgIpc) is 3.20. The Kier molecular flexibility index (Phi) is 7.03. The number of nitro groups is 1. The smallest absolute Gasteiger partial charge is 0.270 e. The van der Waals surface area contributed by atoms with Crippen LogP contribution >= 0.6 is 11.3 Å². The Morgan fingerprint density at radius 1 is 1.13 bits per heavy atom. The highest BCUT2D eigenvalue weighted by Crippen LogP contribution is 2.40. The number of carbonyl (C=O) groups excluding carboxylic acids is 1. The zero-order valence-corrected chi connectivity index (χ0v) is 18.6. The van der Waals surface area contributed by atoms with Crippen molar-refractivity contribution >= 4 is 38.3 Å². The van der Waals surface area contributed by atoms with E-state index in [-0.39, 0.29) is 17.2 Å². The number of benzene rings is 2. The molecular formula is C21H24N4O5S. The van der Waals surface area contributed by atoms with E-state index in [4.69, 9.17) is 9.47 Å². The predicted octanol–water partition coefficient (Wildman–Crippen LogP) is 3.82. The van der Waals surface area contributed by atoms with Crippen LogP contribution in [0.25, 0.3) is 10.2 Å². The summed E-state index contributed by atoms with van der Waals surface area (Å²) in [7, 11) is 7.05. The topological polar surface area (TPSA) is 98.0 Å². The van der Waals surface area contributed by atoms with Crippen LogP contribution in [0.5, 0.6) is 11.5 Å². The number of ether oxygens (including phenoxy) is 2. The number of hydrogen-bond acceptors (Lipinski definition) is 8. The number of nitro benzene ring substituents is 1. The molecule has 3 rings (SSSR count). The van der Waals surface area contributed by atoms with E-state index in [1.165, 1.54) is 29.5 Å². The van der Waals surface area contributed by atoms with Gasteiger partial charge in [0.15, 0.2) is 5.13 Å². The molecule has 164 valence electrons. The minimum Gasteiger partial charge on any atom is -0.495 e. The number of methoxy groups -OCH3 is 2. The van der Waals surface area contributed by atoms with E-state index in [1.54, 1.807) is 37.3 Å². The molecule has 0 atom stereocenters. The van der Waals surface area contributed by atoms with E-state index < -0.39 is 4.92 Å². The van der Waals surface area contributed by atoms with Gasteiger partial charge >= 0.3 is 0 Å². The highest BCUT2D eigenvalue weighted by Gasteiger charge is 2.24. The van der Waals surface area contributed by atoms with Crippen molar-refractivity contribution in [1.82, 2.24) is 9.88 Å². The first-order valence-corrected chi connectivity index (χ1v) is 10.4. The van der Waals surface area contributed by atoms with E-state index in [0.29, 0.717) is 35.1 Å². The maximum Gasteiger partial charge on any atom is 0.270 e. The van der Waals surface area contributed by atoms with Crippen molar-refractivity contribution in [2.24, 2.45) is 0 Å². The number of fused-ring (bicyclic) bond motifs is 1. The summed E-state index contributed by atoms with van der Waals surface area (Å²) in [5.41, 5.74) is 0.704. The van der Waals surface area contributed by atoms with Gasteiger partial charge in [0.05, 0.1) is 19.1 Å². The normalized spacial score (nSPS) is 11.0. The van der Waals surface area contributed by atoms with Crippen LogP contribution < -0.4 is 14.4 Å². The standard InChI is InChI=1S/C21H24N4O5S/c1-23(2)11-6-12-24(20(26)14-7-5-8-15(13-14)25(27)28)21-22-18-16(29-3)9-10-17(30-4)19(18)31-21/h5,7-10,13H,6,11-12H2,1-4H3. The van der Waals surface area contributed by atoms with Crippen molar-refractivity contribution in [3.8, 4) is 11.5 Å². The van der Waals surface area contributed by atoms with Gasteiger partial charge in [0, 0.05) is 24.2 Å². The van der Waals surface area contributed by atoms with Crippen LogP contribution in [-0.2, 0) is 0 Å². The number of thiazole rings is 1. The molecule has 0 saturated carbocycles. The number of anilines is 1. The summed E-state index contributed by atoms with van der Waals surface area (Å²) >= 11 is 1.32. The lowest BCUT2D eigenvalue weighted by Crippen LogP contribution is -2.33. The Labute approximate surface area is 184 Å². The van der Waals surface area contributed by atoms with Crippen molar-refractivity contribution in [3.63, 3.8) is 0 Å². The fourth-order valence-electron chi connectivity index (χ4n) is 3.13. The largest absolute Gasteiger partial charge is 0.495 e. The second-order valence-electron chi connectivity index (χ2n) is 7.07. The van der Waals surface area contributed by atoms with E-state index in [0.717, 1.165) is 11.2 Å². The van der Waals surface area contributed by atoms with Crippen molar-refractivity contribution in [2.75, 3.05) is 46.3 Å². The molecule has 0 saturated heterocycles. The molecule has 0 radical (unpaired) electrons. The van der Waals surface area contributed by atoms with Gasteiger partial charge in [-0.1, -0.05) is 17.4 Å². The van der Waals surface area contributed by atoms with E-state index in [9.17, 15) is 14.9 Å². The molecule has 0 aliphatic rings. The van der Waals surface area contributed by atoms with Crippen molar-refractivity contribution in [2.45, 2.75) is 6.42 Å². The van der Waals surface area contributed by atoms with Gasteiger partial charge in [-0.15, -0.1) is 0 Å². The van der Waals surface area contributed by atoms with Crippen LogP contribution in [0.2, 0.25) is 0 Å². The first-order chi connectivity index (χ1) is 14.8. The van der Waals surface area contributed by atoms with Crippen molar-refractivity contribution < 1.29 is 19.2 Å². The van der Waals surface area contributed by atoms with Crippen LogP contribution in [0.4, 0.5) is 10.8 Å². The first-order valence-electron chi connectivity index (χ1n) is 9.58. The second kappa shape index (κ2) is 9.71. The monoisotopic (exact) mass is 444 g/mol. The molecule has 3 aromatic rings. The predicted molar refractivity (Wildman–Crippen MR) is 121 cm³/mol. The summed E-state index contributed by atoms with van der Waals surface area (Å²) in [6.07, 6.45) is 0.706.